The number of carbonyl (C=O) groups excluding carboxylic acids is 1. The van der Waals surface area contributed by atoms with Crippen LogP contribution in [0.3, 0.4) is 0 Å². The fraction of sp³-hybridized carbons (Fsp3) is 0.257. The van der Waals surface area contributed by atoms with E-state index < -0.39 is 71.6 Å². The predicted molar refractivity (Wildman–Crippen MR) is 178 cm³/mol. The zero-order valence-electron chi connectivity index (χ0n) is 29.6. The van der Waals surface area contributed by atoms with E-state index in [-0.39, 0.29) is 101 Å². The predicted octanol–water partition coefficient (Wildman–Crippen LogP) is -1.06. The Morgan fingerprint density at radius 1 is 1.07 bits per heavy atom. The van der Waals surface area contributed by atoms with Crippen LogP contribution in [0.4, 0.5) is 17.6 Å². The van der Waals surface area contributed by atoms with Gasteiger partial charge in [0.2, 0.25) is 0 Å². The number of carbonyl (C=O) groups is 1. The van der Waals surface area contributed by atoms with Crippen molar-refractivity contribution in [3.05, 3.63) is 137 Å². The second kappa shape index (κ2) is 21.2. The smallest absolute Gasteiger partial charge is 0.790 e. The van der Waals surface area contributed by atoms with Crippen LogP contribution in [0.2, 0.25) is 0 Å². The van der Waals surface area contributed by atoms with Crippen LogP contribution in [0.1, 0.15) is 39.5 Å². The third-order valence-electron chi connectivity index (χ3n) is 7.93. The minimum atomic E-state index is -5.51. The first-order valence-corrected chi connectivity index (χ1v) is 18.1. The molecule has 1 aromatic heterocycles. The van der Waals surface area contributed by atoms with Crippen LogP contribution in [-0.4, -0.2) is 50.7 Å². The maximum Gasteiger partial charge on any atom is 1.00 e. The van der Waals surface area contributed by atoms with Gasteiger partial charge in [-0.25, -0.2) is 32.0 Å². The van der Waals surface area contributed by atoms with E-state index >= 15 is 4.39 Å². The summed E-state index contributed by atoms with van der Waals surface area (Å²) in [5, 5.41) is 11.7. The fourth-order valence-electron chi connectivity index (χ4n) is 5.36. The molecule has 0 saturated carbocycles. The summed E-state index contributed by atoms with van der Waals surface area (Å²) in [7, 11) is -5.51. The molecule has 278 valence electrons. The summed E-state index contributed by atoms with van der Waals surface area (Å²) in [4.78, 5) is 40.2. The third-order valence-corrected chi connectivity index (χ3v) is 9.82. The van der Waals surface area contributed by atoms with Gasteiger partial charge in [-0.1, -0.05) is 30.4 Å². The molecule has 12 nitrogen and oxygen atoms in total. The van der Waals surface area contributed by atoms with Crippen LogP contribution >= 0.6 is 19.6 Å². The van der Waals surface area contributed by atoms with Crippen LogP contribution in [0.15, 0.2) is 85.5 Å². The summed E-state index contributed by atoms with van der Waals surface area (Å²) in [6.07, 6.45) is 7.94. The van der Waals surface area contributed by atoms with Gasteiger partial charge in [-0.3, -0.25) is 0 Å². The van der Waals surface area contributed by atoms with Gasteiger partial charge >= 0.3 is 65.1 Å². The van der Waals surface area contributed by atoms with Crippen molar-refractivity contribution in [3.63, 3.8) is 0 Å². The molecule has 2 atom stereocenters. The second-order valence-corrected chi connectivity index (χ2v) is 14.3. The molecule has 0 bridgehead atoms. The van der Waals surface area contributed by atoms with Crippen molar-refractivity contribution in [3.8, 4) is 6.07 Å². The molecule has 0 aliphatic carbocycles. The first kappa shape index (κ1) is 46.7. The van der Waals surface area contributed by atoms with E-state index in [0.717, 1.165) is 36.4 Å². The molecular weight excluding hydrogens is 789 g/mol. The Bertz CT molecular complexity index is 2080. The van der Waals surface area contributed by atoms with E-state index in [1.807, 2.05) is 6.07 Å². The minimum Gasteiger partial charge on any atom is -0.790 e. The van der Waals surface area contributed by atoms with Crippen molar-refractivity contribution in [1.82, 2.24) is 14.8 Å². The molecule has 3 aromatic carbocycles. The zero-order valence-corrected chi connectivity index (χ0v) is 35.4. The topological polar surface area (TPSA) is 172 Å². The van der Waals surface area contributed by atoms with Crippen molar-refractivity contribution in [1.29, 1.82) is 5.26 Å². The van der Waals surface area contributed by atoms with Crippen LogP contribution in [0, 0.1) is 34.6 Å². The summed E-state index contributed by atoms with van der Waals surface area (Å²) >= 11 is 1.18. The van der Waals surface area contributed by atoms with E-state index in [1.54, 1.807) is 25.2 Å². The molecule has 4 aromatic rings. The molecule has 0 unspecified atom stereocenters. The number of phosphoric acid groups is 1. The van der Waals surface area contributed by atoms with Crippen molar-refractivity contribution in [2.75, 3.05) is 13.2 Å². The number of hydrogen-bond acceptors (Lipinski definition) is 12. The van der Waals surface area contributed by atoms with Crippen molar-refractivity contribution >= 4 is 31.6 Å². The molecule has 0 spiro atoms. The summed E-state index contributed by atoms with van der Waals surface area (Å²) in [5.74, 6) is -4.72. The molecule has 0 N–H and O–H groups in total. The molecule has 1 fully saturated rings. The Labute approximate surface area is 361 Å². The second-order valence-electron chi connectivity index (χ2n) is 11.5. The maximum atomic E-state index is 15.8. The maximum absolute atomic E-state index is 15.8. The number of benzene rings is 3. The van der Waals surface area contributed by atoms with Crippen LogP contribution < -0.4 is 68.9 Å². The molecule has 0 radical (unpaired) electrons. The Morgan fingerprint density at radius 2 is 1.78 bits per heavy atom. The van der Waals surface area contributed by atoms with Crippen LogP contribution in [0.25, 0.3) is 6.08 Å². The number of aromatic nitrogens is 3. The quantitative estimate of drug-likeness (QED) is 0.0498. The fourth-order valence-corrected chi connectivity index (χ4v) is 7.02. The standard InChI is InChI=1S/C35H31F4N4O8PS.2Na/c1-22(53-28-17-48-33(49-18-28)5-3-2-4-24-7-6-23(15-40)12-31(24)38)35(19-43-21-41-20-42-43,30-11-10-27(37)14-32(30)39)51-34(44)29-13-26(36)9-8-25(29)16-50-52(45,46)47;;/h2-14,20-22,28,33H,16-19H2,1H3,(H2,45,46,47);;/q;2*+1/p-2/t22-,28-,33-,35-;;/m1../s1. The molecule has 55 heavy (non-hydrogen) atoms. The number of ether oxygens (including phenoxy) is 3. The molecule has 2 heterocycles. The number of halogens is 4. The normalized spacial score (nSPS) is 17.5. The largest absolute Gasteiger partial charge is 1.00 e. The van der Waals surface area contributed by atoms with Gasteiger partial charge in [-0.05, 0) is 55.0 Å². The average molecular weight is 819 g/mol. The van der Waals surface area contributed by atoms with Gasteiger partial charge in [-0.2, -0.15) is 10.4 Å². The van der Waals surface area contributed by atoms with Gasteiger partial charge in [0.1, 0.15) is 35.9 Å². The number of nitrogens with zero attached hydrogens (tertiary/aromatic N) is 4. The third kappa shape index (κ3) is 12.9. The zero-order chi connectivity index (χ0) is 38.2. The van der Waals surface area contributed by atoms with E-state index in [2.05, 4.69) is 14.6 Å². The van der Waals surface area contributed by atoms with Crippen LogP contribution in [0.5, 0.6) is 0 Å². The Kier molecular flexibility index (Phi) is 18.0. The molecule has 1 aliphatic rings. The van der Waals surface area contributed by atoms with Gasteiger partial charge in [0, 0.05) is 22.4 Å². The molecule has 1 saturated heterocycles. The number of allylic oxidation sites excluding steroid dienone is 2. The van der Waals surface area contributed by atoms with E-state index in [9.17, 15) is 32.3 Å². The van der Waals surface area contributed by atoms with Crippen molar-refractivity contribution in [2.24, 2.45) is 0 Å². The summed E-state index contributed by atoms with van der Waals surface area (Å²) in [6, 6.07) is 11.3. The Hall–Kier alpha value is -2.66. The first-order valence-electron chi connectivity index (χ1n) is 15.7. The summed E-state index contributed by atoms with van der Waals surface area (Å²) in [5.41, 5.74) is -2.56. The molecular formula is C35H29F4N4Na2O8PS. The van der Waals surface area contributed by atoms with E-state index in [0.29, 0.717) is 6.07 Å². The molecule has 1 aliphatic heterocycles. The molecule has 0 amide bonds. The number of thioether (sulfide) groups is 1. The monoisotopic (exact) mass is 818 g/mol. The number of hydrogen-bond donors (Lipinski definition) is 0. The van der Waals surface area contributed by atoms with E-state index in [1.165, 1.54) is 47.3 Å². The van der Waals surface area contributed by atoms with Crippen molar-refractivity contribution < 1.29 is 115 Å². The summed E-state index contributed by atoms with van der Waals surface area (Å²) < 4.78 is 93.1. The molecule has 20 heteroatoms. The summed E-state index contributed by atoms with van der Waals surface area (Å²) in [6.45, 7) is 0.519. The van der Waals surface area contributed by atoms with Gasteiger partial charge in [0.15, 0.2) is 11.9 Å². The minimum absolute atomic E-state index is 0. The average Bonchev–Trinajstić information content (AvgIpc) is 3.63. The Balaban J connectivity index is 0.00000406. The Morgan fingerprint density at radius 3 is 2.42 bits per heavy atom. The number of phosphoric ester groups is 1. The SMILES string of the molecule is C[C@@H](S[C@H]1CO[C@H](C=CC=Cc2ccc(C#N)cc2F)OC1)[C@@](Cn1cncn1)(OC(=O)c1cc(F)ccc1COP(=O)([O-])[O-])c1ccc(F)cc1F.[Na+].[Na+]. The molecule has 5 rings (SSSR count). The van der Waals surface area contributed by atoms with E-state index in [4.69, 9.17) is 19.5 Å². The van der Waals surface area contributed by atoms with Gasteiger partial charge in [-0.15, -0.1) is 11.8 Å². The van der Waals surface area contributed by atoms with Gasteiger partial charge < -0.3 is 33.1 Å². The van der Waals surface area contributed by atoms with Crippen molar-refractivity contribution in [2.45, 2.75) is 42.5 Å². The van der Waals surface area contributed by atoms with Gasteiger partial charge in [0.25, 0.3) is 0 Å². The number of rotatable bonds is 14. The van der Waals surface area contributed by atoms with Crippen LogP contribution in [-0.2, 0) is 42.1 Å². The first-order chi connectivity index (χ1) is 25.3. The number of esters is 1. The van der Waals surface area contributed by atoms with Gasteiger partial charge in [0.05, 0.1) is 56.6 Å². The number of nitriles is 1.